The van der Waals surface area contributed by atoms with E-state index >= 15 is 0 Å². The third-order valence-corrected chi connectivity index (χ3v) is 3.10. The number of H-pyrrole nitrogens is 1. The zero-order chi connectivity index (χ0) is 12.4. The van der Waals surface area contributed by atoms with Gasteiger partial charge < -0.3 is 10.6 Å². The van der Waals surface area contributed by atoms with E-state index in [-0.39, 0.29) is 5.91 Å². The molecular formula is C13H14N4O. The van der Waals surface area contributed by atoms with Crippen LogP contribution in [0.2, 0.25) is 0 Å². The molecule has 3 rings (SSSR count). The van der Waals surface area contributed by atoms with E-state index in [4.69, 9.17) is 0 Å². The summed E-state index contributed by atoms with van der Waals surface area (Å²) in [5.74, 6) is -0.170. The van der Waals surface area contributed by atoms with Gasteiger partial charge in [-0.25, -0.2) is 0 Å². The molecule has 1 aromatic carbocycles. The molecule has 0 aliphatic carbocycles. The predicted octanol–water partition coefficient (Wildman–Crippen LogP) is 1.31. The molecule has 0 unspecified atom stereocenters. The number of nitrogens with zero attached hydrogens (tertiary/aromatic N) is 1. The summed E-state index contributed by atoms with van der Waals surface area (Å²) in [6.07, 6.45) is 2.61. The van der Waals surface area contributed by atoms with Gasteiger partial charge in [-0.1, -0.05) is 6.07 Å². The Balaban J connectivity index is 1.79. The molecule has 0 radical (unpaired) electrons. The highest BCUT2D eigenvalue weighted by molar-refractivity contribution is 6.02. The second-order valence-corrected chi connectivity index (χ2v) is 4.33. The summed E-state index contributed by atoms with van der Waals surface area (Å²) in [4.78, 5) is 11.8. The molecule has 92 valence electrons. The van der Waals surface area contributed by atoms with Crippen LogP contribution in [0.5, 0.6) is 0 Å². The van der Waals surface area contributed by atoms with Gasteiger partial charge in [0.1, 0.15) is 5.69 Å². The topological polar surface area (TPSA) is 69.8 Å². The van der Waals surface area contributed by atoms with Gasteiger partial charge in [0.05, 0.1) is 0 Å². The smallest absolute Gasteiger partial charge is 0.273 e. The van der Waals surface area contributed by atoms with E-state index < -0.39 is 0 Å². The van der Waals surface area contributed by atoms with Crippen molar-refractivity contribution in [1.29, 1.82) is 0 Å². The molecule has 0 saturated carbocycles. The lowest BCUT2D eigenvalue weighted by atomic mass is 10.0. The van der Waals surface area contributed by atoms with Crippen LogP contribution in [0, 0.1) is 0 Å². The molecule has 0 atom stereocenters. The molecule has 2 aromatic rings. The molecule has 0 saturated heterocycles. The maximum atomic E-state index is 11.8. The van der Waals surface area contributed by atoms with Crippen molar-refractivity contribution < 1.29 is 4.79 Å². The number of benzene rings is 1. The molecule has 1 amide bonds. The summed E-state index contributed by atoms with van der Waals surface area (Å²) in [5, 5.41) is 12.6. The van der Waals surface area contributed by atoms with Gasteiger partial charge in [0.15, 0.2) is 0 Å². The van der Waals surface area contributed by atoms with Crippen LogP contribution in [-0.4, -0.2) is 22.6 Å². The Hall–Kier alpha value is -2.14. The van der Waals surface area contributed by atoms with Crippen molar-refractivity contribution >= 4 is 11.6 Å². The Morgan fingerprint density at radius 2 is 2.22 bits per heavy atom. The van der Waals surface area contributed by atoms with E-state index in [2.05, 4.69) is 26.9 Å². The molecule has 5 heteroatoms. The van der Waals surface area contributed by atoms with E-state index in [0.29, 0.717) is 5.69 Å². The molecule has 3 N–H and O–H groups in total. The molecule has 1 aliphatic rings. The Labute approximate surface area is 105 Å². The van der Waals surface area contributed by atoms with Gasteiger partial charge in [-0.2, -0.15) is 5.10 Å². The Kier molecular flexibility index (Phi) is 2.82. The van der Waals surface area contributed by atoms with Gasteiger partial charge in [0.25, 0.3) is 5.91 Å². The lowest BCUT2D eigenvalue weighted by molar-refractivity contribution is 0.102. The fraction of sp³-hybridized carbons (Fsp3) is 0.231. The highest BCUT2D eigenvalue weighted by Crippen LogP contribution is 2.19. The lowest BCUT2D eigenvalue weighted by Gasteiger charge is -2.17. The van der Waals surface area contributed by atoms with Crippen molar-refractivity contribution in [1.82, 2.24) is 15.5 Å². The Morgan fingerprint density at radius 1 is 1.28 bits per heavy atom. The number of aromatic nitrogens is 2. The number of amides is 1. The van der Waals surface area contributed by atoms with Gasteiger partial charge in [-0.15, -0.1) is 0 Å². The summed E-state index contributed by atoms with van der Waals surface area (Å²) in [6, 6.07) is 7.70. The van der Waals surface area contributed by atoms with Crippen molar-refractivity contribution in [3.63, 3.8) is 0 Å². The van der Waals surface area contributed by atoms with Crippen LogP contribution in [0.15, 0.2) is 30.5 Å². The third kappa shape index (κ3) is 2.12. The largest absolute Gasteiger partial charge is 0.321 e. The standard InChI is InChI=1S/C13H14N4O/c18-13(12-4-6-15-17-12)16-11-2-1-9-3-5-14-8-10(9)7-11/h1-2,4,6-7,14H,3,5,8H2,(H,15,17)(H,16,18). The third-order valence-electron chi connectivity index (χ3n) is 3.10. The summed E-state index contributed by atoms with van der Waals surface area (Å²) in [5.41, 5.74) is 3.89. The quantitative estimate of drug-likeness (QED) is 0.743. The van der Waals surface area contributed by atoms with Crippen LogP contribution in [0.4, 0.5) is 5.69 Å². The summed E-state index contributed by atoms with van der Waals surface area (Å²) in [6.45, 7) is 1.88. The fourth-order valence-corrected chi connectivity index (χ4v) is 2.14. The number of aromatic amines is 1. The van der Waals surface area contributed by atoms with E-state index in [1.54, 1.807) is 12.3 Å². The first-order valence-electron chi connectivity index (χ1n) is 5.96. The number of fused-ring (bicyclic) bond motifs is 1. The van der Waals surface area contributed by atoms with E-state index in [0.717, 1.165) is 25.2 Å². The van der Waals surface area contributed by atoms with Gasteiger partial charge in [0, 0.05) is 18.4 Å². The monoisotopic (exact) mass is 242 g/mol. The minimum atomic E-state index is -0.170. The van der Waals surface area contributed by atoms with Gasteiger partial charge >= 0.3 is 0 Å². The first-order chi connectivity index (χ1) is 8.83. The van der Waals surface area contributed by atoms with E-state index in [1.165, 1.54) is 11.1 Å². The molecule has 1 aromatic heterocycles. The zero-order valence-corrected chi connectivity index (χ0v) is 9.86. The number of anilines is 1. The second-order valence-electron chi connectivity index (χ2n) is 4.33. The summed E-state index contributed by atoms with van der Waals surface area (Å²) < 4.78 is 0. The SMILES string of the molecule is O=C(Nc1ccc2c(c1)CNCC2)c1ccn[nH]1. The summed E-state index contributed by atoms with van der Waals surface area (Å²) >= 11 is 0. The predicted molar refractivity (Wildman–Crippen MR) is 68.4 cm³/mol. The number of nitrogens with one attached hydrogen (secondary N) is 3. The van der Waals surface area contributed by atoms with Crippen molar-refractivity contribution in [3.05, 3.63) is 47.3 Å². The highest BCUT2D eigenvalue weighted by atomic mass is 16.1. The lowest BCUT2D eigenvalue weighted by Crippen LogP contribution is -2.23. The molecular weight excluding hydrogens is 228 g/mol. The normalized spacial score (nSPS) is 14.0. The van der Waals surface area contributed by atoms with Crippen molar-refractivity contribution in [2.24, 2.45) is 0 Å². The molecule has 18 heavy (non-hydrogen) atoms. The average molecular weight is 242 g/mol. The number of hydrogen-bond acceptors (Lipinski definition) is 3. The van der Waals surface area contributed by atoms with Crippen LogP contribution >= 0.6 is 0 Å². The first-order valence-corrected chi connectivity index (χ1v) is 5.96. The van der Waals surface area contributed by atoms with Crippen LogP contribution in [0.25, 0.3) is 0 Å². The number of hydrogen-bond donors (Lipinski definition) is 3. The number of carbonyl (C=O) groups excluding carboxylic acids is 1. The minimum Gasteiger partial charge on any atom is -0.321 e. The molecule has 5 nitrogen and oxygen atoms in total. The van der Waals surface area contributed by atoms with Gasteiger partial charge in [-0.05, 0) is 42.3 Å². The van der Waals surface area contributed by atoms with Crippen LogP contribution < -0.4 is 10.6 Å². The molecule has 0 spiro atoms. The zero-order valence-electron chi connectivity index (χ0n) is 9.86. The Bertz CT molecular complexity index is 562. The maximum absolute atomic E-state index is 11.8. The molecule has 0 bridgehead atoms. The minimum absolute atomic E-state index is 0.170. The summed E-state index contributed by atoms with van der Waals surface area (Å²) in [7, 11) is 0. The number of carbonyl (C=O) groups is 1. The average Bonchev–Trinajstić information content (AvgIpc) is 2.92. The maximum Gasteiger partial charge on any atom is 0.273 e. The Morgan fingerprint density at radius 3 is 3.06 bits per heavy atom. The van der Waals surface area contributed by atoms with Crippen molar-refractivity contribution in [2.45, 2.75) is 13.0 Å². The van der Waals surface area contributed by atoms with Gasteiger partial charge in [-0.3, -0.25) is 9.89 Å². The second kappa shape index (κ2) is 4.62. The molecule has 1 aliphatic heterocycles. The molecule has 2 heterocycles. The molecule has 0 fully saturated rings. The van der Waals surface area contributed by atoms with Crippen LogP contribution in [0.1, 0.15) is 21.6 Å². The number of rotatable bonds is 2. The fourth-order valence-electron chi connectivity index (χ4n) is 2.14. The van der Waals surface area contributed by atoms with E-state index in [9.17, 15) is 4.79 Å². The van der Waals surface area contributed by atoms with Crippen molar-refractivity contribution in [3.8, 4) is 0 Å². The van der Waals surface area contributed by atoms with Gasteiger partial charge in [0.2, 0.25) is 0 Å². The van der Waals surface area contributed by atoms with E-state index in [1.807, 2.05) is 12.1 Å². The van der Waals surface area contributed by atoms with Crippen LogP contribution in [0.3, 0.4) is 0 Å². The first kappa shape index (κ1) is 11.0. The highest BCUT2D eigenvalue weighted by Gasteiger charge is 2.11. The van der Waals surface area contributed by atoms with Crippen LogP contribution in [-0.2, 0) is 13.0 Å². The van der Waals surface area contributed by atoms with Crippen molar-refractivity contribution in [2.75, 3.05) is 11.9 Å².